The lowest BCUT2D eigenvalue weighted by Crippen LogP contribution is -2.82. The number of carbonyl (C=O) groups is 7. The van der Waals surface area contributed by atoms with Crippen LogP contribution in [0.1, 0.15) is 86.7 Å². The summed E-state index contributed by atoms with van der Waals surface area (Å²) in [5.74, 6) is -7.76. The first-order chi connectivity index (χ1) is 32.1. The quantitative estimate of drug-likeness (QED) is 0.126. The lowest BCUT2D eigenvalue weighted by molar-refractivity contribution is -0.346. The Hall–Kier alpha value is -6.27. The molecule has 3 aliphatic carbocycles. The molecule has 3 fully saturated rings. The van der Waals surface area contributed by atoms with Gasteiger partial charge in [-0.2, -0.15) is 0 Å². The Labute approximate surface area is 394 Å². The van der Waals surface area contributed by atoms with Crippen molar-refractivity contribution in [3.63, 3.8) is 0 Å². The minimum Gasteiger partial charge on any atom is -0.455 e. The molecule has 3 N–H and O–H groups in total. The lowest BCUT2D eigenvalue weighted by atomic mass is 9.44. The van der Waals surface area contributed by atoms with Gasteiger partial charge in [-0.05, 0) is 68.9 Å². The molecule has 1 heterocycles. The lowest BCUT2D eigenvalue weighted by Gasteiger charge is -2.67. The molecule has 68 heavy (non-hydrogen) atoms. The van der Waals surface area contributed by atoms with Gasteiger partial charge in [-0.15, -0.1) is 0 Å². The minimum atomic E-state index is -2.44. The Kier molecular flexibility index (Phi) is 13.9. The highest BCUT2D eigenvalue weighted by Gasteiger charge is 2.78. The normalized spacial score (nSPS) is 30.1. The number of hydrogen-bond acceptors (Lipinski definition) is 16. The molecule has 0 radical (unpaired) electrons. The van der Waals surface area contributed by atoms with Crippen LogP contribution in [-0.2, 0) is 52.4 Å². The van der Waals surface area contributed by atoms with Gasteiger partial charge in [-0.3, -0.25) is 28.9 Å². The first-order valence-corrected chi connectivity index (χ1v) is 22.4. The van der Waals surface area contributed by atoms with E-state index in [9.17, 15) is 34.2 Å². The van der Waals surface area contributed by atoms with Crippen LogP contribution >= 0.6 is 0 Å². The predicted molar refractivity (Wildman–Crippen MR) is 240 cm³/mol. The fourth-order valence-electron chi connectivity index (χ4n) is 10.7. The fraction of sp³-hybridized carbons (Fsp3) is 0.471. The molecule has 0 spiro atoms. The van der Waals surface area contributed by atoms with E-state index in [0.717, 1.165) is 13.8 Å². The van der Waals surface area contributed by atoms with Gasteiger partial charge in [0.2, 0.25) is 6.10 Å². The van der Waals surface area contributed by atoms with E-state index in [1.165, 1.54) is 30.9 Å². The Morgan fingerprint density at radius 1 is 0.838 bits per heavy atom. The molecule has 0 unspecified atom stereocenters. The molecule has 3 aromatic rings. The number of aliphatic hydroxyl groups excluding tert-OH is 1. The predicted octanol–water partition coefficient (Wildman–Crippen LogP) is 3.85. The van der Waals surface area contributed by atoms with Gasteiger partial charge in [-0.25, -0.2) is 9.59 Å². The molecule has 362 valence electrons. The summed E-state index contributed by atoms with van der Waals surface area (Å²) in [5.41, 5.74) is -7.26. The Bertz CT molecular complexity index is 2480. The molecule has 1 amide bonds. The molecule has 3 aromatic carbocycles. The summed E-state index contributed by atoms with van der Waals surface area (Å²) >= 11 is 0. The molecule has 2 bridgehead atoms. The zero-order valence-electron chi connectivity index (χ0n) is 39.3. The molecule has 0 aromatic heterocycles. The third-order valence-electron chi connectivity index (χ3n) is 14.2. The topological polar surface area (TPSA) is 231 Å². The van der Waals surface area contributed by atoms with Crippen LogP contribution in [-0.4, -0.2) is 132 Å². The van der Waals surface area contributed by atoms with E-state index < -0.39 is 119 Å². The first kappa shape index (κ1) is 49.6. The van der Waals surface area contributed by atoms with Gasteiger partial charge in [-0.1, -0.05) is 80.6 Å². The molecule has 4 aliphatic rings. The molecule has 1 saturated heterocycles. The number of nitrogens with zero attached hydrogens (tertiary/aromatic N) is 1. The second kappa shape index (κ2) is 19.0. The van der Waals surface area contributed by atoms with Crippen LogP contribution in [0.15, 0.2) is 102 Å². The van der Waals surface area contributed by atoms with Crippen LogP contribution in [0.2, 0.25) is 0 Å². The summed E-state index contributed by atoms with van der Waals surface area (Å²) in [4.78, 5) is 100. The van der Waals surface area contributed by atoms with E-state index in [4.69, 9.17) is 28.4 Å². The minimum absolute atomic E-state index is 0.0245. The molecular formula is C51H58N2O15. The maximum atomic E-state index is 15.7. The van der Waals surface area contributed by atoms with Gasteiger partial charge < -0.3 is 44.0 Å². The van der Waals surface area contributed by atoms with Crippen molar-refractivity contribution in [3.05, 3.63) is 119 Å². The van der Waals surface area contributed by atoms with Crippen LogP contribution in [0.4, 0.5) is 0 Å². The average molecular weight is 939 g/mol. The monoisotopic (exact) mass is 938 g/mol. The standard InChI is InChI=1S/C51H58N2O15/c1-28-34(65-47(61)41(66-37(57)26-53(7)8)39(31-18-12-9-13-19-31)52-45(59)32-20-14-10-15-21-32)25-51(62)44(67-46(60)33-22-16-11-17-23-33)42-49(6,35(56)24-36-50(42,27-63-36)68-30(3)55)43(58)40(64-29(2)54)38(28)48(51,4)5/h9-23,34-36,39-42,44,56,62H,24-27H2,1-8H3,(H,52,59)/t34-,35-,36+,39-,40+,41+,42-,44-,49+,50-,51+/m0/s1. The summed E-state index contributed by atoms with van der Waals surface area (Å²) in [6, 6.07) is 22.9. The van der Waals surface area contributed by atoms with Crippen molar-refractivity contribution >= 4 is 41.5 Å². The number of aliphatic hydroxyl groups is 2. The molecule has 17 nitrogen and oxygen atoms in total. The average Bonchev–Trinajstić information content (AvgIpc) is 3.28. The Balaban J connectivity index is 1.43. The molecule has 2 saturated carbocycles. The third-order valence-corrected chi connectivity index (χ3v) is 14.2. The van der Waals surface area contributed by atoms with E-state index in [0.29, 0.717) is 5.56 Å². The van der Waals surface area contributed by atoms with Crippen LogP contribution < -0.4 is 5.32 Å². The Morgan fingerprint density at radius 3 is 1.97 bits per heavy atom. The van der Waals surface area contributed by atoms with Crippen molar-refractivity contribution < 1.29 is 72.2 Å². The number of nitrogens with one attached hydrogen (secondary N) is 1. The van der Waals surface area contributed by atoms with Crippen LogP contribution in [0.5, 0.6) is 0 Å². The summed E-state index contributed by atoms with van der Waals surface area (Å²) in [7, 11) is 3.24. The van der Waals surface area contributed by atoms with E-state index in [2.05, 4.69) is 5.32 Å². The second-order valence-electron chi connectivity index (χ2n) is 19.1. The molecule has 7 rings (SSSR count). The highest BCUT2D eigenvalue weighted by Crippen LogP contribution is 2.64. The smallest absolute Gasteiger partial charge is 0.350 e. The number of rotatable bonds is 13. The number of Topliss-reactive ketones (excluding diaryl/α,β-unsaturated/α-hetero) is 1. The van der Waals surface area contributed by atoms with Crippen LogP contribution in [0, 0.1) is 16.7 Å². The molecule has 11 atom stereocenters. The number of fused-ring (bicyclic) bond motifs is 5. The molecule has 1 aliphatic heterocycles. The third kappa shape index (κ3) is 8.83. The zero-order valence-corrected chi connectivity index (χ0v) is 39.3. The maximum Gasteiger partial charge on any atom is 0.350 e. The summed E-state index contributed by atoms with van der Waals surface area (Å²) in [6.07, 6.45) is -10.6. The van der Waals surface area contributed by atoms with Crippen molar-refractivity contribution in [2.24, 2.45) is 16.7 Å². The van der Waals surface area contributed by atoms with E-state index in [1.54, 1.807) is 107 Å². The van der Waals surface area contributed by atoms with Crippen molar-refractivity contribution in [3.8, 4) is 0 Å². The van der Waals surface area contributed by atoms with E-state index in [1.807, 2.05) is 0 Å². The van der Waals surface area contributed by atoms with Gasteiger partial charge in [0.05, 0.1) is 36.2 Å². The number of esters is 5. The van der Waals surface area contributed by atoms with Crippen molar-refractivity contribution in [1.29, 1.82) is 0 Å². The van der Waals surface area contributed by atoms with Crippen molar-refractivity contribution in [2.75, 3.05) is 27.2 Å². The number of hydrogen-bond donors (Lipinski definition) is 3. The Morgan fingerprint density at radius 2 is 1.43 bits per heavy atom. The van der Waals surface area contributed by atoms with Gasteiger partial charge in [0.25, 0.3) is 5.91 Å². The second-order valence-corrected chi connectivity index (χ2v) is 19.1. The first-order valence-electron chi connectivity index (χ1n) is 22.4. The highest BCUT2D eigenvalue weighted by atomic mass is 16.6. The number of carbonyl (C=O) groups excluding carboxylic acids is 7. The van der Waals surface area contributed by atoms with Gasteiger partial charge in [0.1, 0.15) is 30.0 Å². The molecule has 17 heteroatoms. The highest BCUT2D eigenvalue weighted by molar-refractivity contribution is 5.96. The summed E-state index contributed by atoms with van der Waals surface area (Å²) < 4.78 is 36.7. The van der Waals surface area contributed by atoms with Gasteiger partial charge >= 0.3 is 29.8 Å². The van der Waals surface area contributed by atoms with Crippen LogP contribution in [0.3, 0.4) is 0 Å². The number of amides is 1. The van der Waals surface area contributed by atoms with Crippen LogP contribution in [0.25, 0.3) is 0 Å². The SMILES string of the molecule is CC(=O)O[C@H]1C(=O)[C@@]2(C)[C@H]([C@H](OC(=O)c3ccccc3)[C@]3(O)C[C@H](OC(=O)[C@H](OC(=O)CN(C)C)[C@@H](NC(=O)c4ccccc4)c4ccccc4)C(C)=C1C3(C)C)[C@]1(OC(C)=O)CO[C@@H]1C[C@@H]2O. The van der Waals surface area contributed by atoms with E-state index in [-0.39, 0.29) is 41.8 Å². The maximum absolute atomic E-state index is 15.7. The van der Waals surface area contributed by atoms with Gasteiger partial charge in [0.15, 0.2) is 17.5 Å². The van der Waals surface area contributed by atoms with Gasteiger partial charge in [0, 0.05) is 37.7 Å². The fourth-order valence-corrected chi connectivity index (χ4v) is 10.7. The van der Waals surface area contributed by atoms with E-state index >= 15 is 9.59 Å². The van der Waals surface area contributed by atoms with Crippen molar-refractivity contribution in [1.82, 2.24) is 10.2 Å². The largest absolute Gasteiger partial charge is 0.455 e. The summed E-state index contributed by atoms with van der Waals surface area (Å²) in [5, 5.41) is 28.9. The number of benzene rings is 3. The summed E-state index contributed by atoms with van der Waals surface area (Å²) in [6.45, 7) is 7.66. The zero-order chi connectivity index (χ0) is 49.5. The molecular weight excluding hydrogens is 881 g/mol. The van der Waals surface area contributed by atoms with Crippen molar-refractivity contribution in [2.45, 2.75) is 108 Å². The number of likely N-dealkylation sites (N-methyl/N-ethyl adjacent to an activating group) is 1. The number of ketones is 1. The number of ether oxygens (including phenoxy) is 6.